The summed E-state index contributed by atoms with van der Waals surface area (Å²) in [5.74, 6) is -0.411. The van der Waals surface area contributed by atoms with Crippen LogP contribution < -0.4 is 0 Å². The Kier molecular flexibility index (Phi) is 2.08. The van der Waals surface area contributed by atoms with Gasteiger partial charge in [0.15, 0.2) is 0 Å². The number of rotatable bonds is 1. The van der Waals surface area contributed by atoms with E-state index < -0.39 is 0 Å². The van der Waals surface area contributed by atoms with E-state index in [2.05, 4.69) is 6.58 Å². The molecular formula is C8H11NO2. The molecule has 3 nitrogen and oxygen atoms in total. The summed E-state index contributed by atoms with van der Waals surface area (Å²) in [5.41, 5.74) is 0. The predicted octanol–water partition coefficient (Wildman–Crippen LogP) is 0.567. The highest BCUT2D eigenvalue weighted by Crippen LogP contribution is 2.18. The molecule has 0 spiro atoms. The van der Waals surface area contributed by atoms with Crippen molar-refractivity contribution in [3.63, 3.8) is 0 Å². The number of hydrogen-bond acceptors (Lipinski definition) is 2. The molecule has 1 saturated heterocycles. The molecule has 0 aromatic heterocycles. The molecule has 0 aromatic carbocycles. The van der Waals surface area contributed by atoms with Crippen LogP contribution in [0.4, 0.5) is 0 Å². The van der Waals surface area contributed by atoms with Crippen molar-refractivity contribution in [3.8, 4) is 0 Å². The van der Waals surface area contributed by atoms with Crippen molar-refractivity contribution in [1.82, 2.24) is 4.90 Å². The molecule has 1 atom stereocenters. The van der Waals surface area contributed by atoms with Gasteiger partial charge in [0.25, 0.3) is 0 Å². The van der Waals surface area contributed by atoms with Gasteiger partial charge in [-0.25, -0.2) is 0 Å². The Morgan fingerprint density at radius 2 is 2.45 bits per heavy atom. The summed E-state index contributed by atoms with van der Waals surface area (Å²) in [6, 6.07) is 0. The molecule has 0 N–H and O–H groups in total. The van der Waals surface area contributed by atoms with Crippen LogP contribution >= 0.6 is 0 Å². The van der Waals surface area contributed by atoms with Crippen LogP contribution in [0.1, 0.15) is 13.3 Å². The molecule has 1 fully saturated rings. The summed E-state index contributed by atoms with van der Waals surface area (Å²) in [7, 11) is 0. The maximum absolute atomic E-state index is 11.2. The van der Waals surface area contributed by atoms with Gasteiger partial charge in [-0.05, 0) is 6.42 Å². The highest BCUT2D eigenvalue weighted by molar-refractivity contribution is 5.97. The van der Waals surface area contributed by atoms with Crippen molar-refractivity contribution in [2.24, 2.45) is 5.92 Å². The summed E-state index contributed by atoms with van der Waals surface area (Å²) in [5, 5.41) is 0. The zero-order valence-electron chi connectivity index (χ0n) is 6.54. The number of imide groups is 1. The summed E-state index contributed by atoms with van der Waals surface area (Å²) in [4.78, 5) is 23.3. The molecule has 0 radical (unpaired) electrons. The van der Waals surface area contributed by atoms with Gasteiger partial charge >= 0.3 is 0 Å². The second-order valence-electron chi connectivity index (χ2n) is 2.64. The van der Waals surface area contributed by atoms with Crippen LogP contribution in [0.2, 0.25) is 0 Å². The van der Waals surface area contributed by atoms with Gasteiger partial charge in [0.2, 0.25) is 11.8 Å². The molecule has 1 aliphatic heterocycles. The van der Waals surface area contributed by atoms with Gasteiger partial charge < -0.3 is 0 Å². The molecule has 1 rings (SSSR count). The third kappa shape index (κ3) is 1.31. The molecule has 1 heterocycles. The fourth-order valence-corrected chi connectivity index (χ4v) is 1.23. The molecule has 1 unspecified atom stereocenters. The lowest BCUT2D eigenvalue weighted by molar-refractivity contribution is -0.141. The van der Waals surface area contributed by atoms with Crippen molar-refractivity contribution in [2.45, 2.75) is 13.3 Å². The van der Waals surface area contributed by atoms with E-state index in [1.54, 1.807) is 6.08 Å². The Bertz CT molecular complexity index is 210. The fraction of sp³-hybridized carbons (Fsp3) is 0.500. The number of carbonyl (C=O) groups is 2. The maximum atomic E-state index is 11.2. The van der Waals surface area contributed by atoms with Crippen LogP contribution in [0.15, 0.2) is 12.7 Å². The second kappa shape index (κ2) is 2.86. The van der Waals surface area contributed by atoms with E-state index in [0.717, 1.165) is 6.42 Å². The Hall–Kier alpha value is -1.12. The number of likely N-dealkylation sites (tertiary alicyclic amines) is 1. The van der Waals surface area contributed by atoms with E-state index in [0.29, 0.717) is 6.54 Å². The molecule has 0 aromatic rings. The Morgan fingerprint density at radius 3 is 2.73 bits per heavy atom. The lowest BCUT2D eigenvalue weighted by Crippen LogP contribution is -2.31. The molecule has 3 heteroatoms. The van der Waals surface area contributed by atoms with Crippen molar-refractivity contribution < 1.29 is 9.59 Å². The number of amides is 2. The third-order valence-electron chi connectivity index (χ3n) is 1.91. The van der Waals surface area contributed by atoms with Crippen molar-refractivity contribution in [1.29, 1.82) is 0 Å². The minimum Gasteiger partial charge on any atom is -0.282 e. The summed E-state index contributed by atoms with van der Waals surface area (Å²) < 4.78 is 0. The van der Waals surface area contributed by atoms with Crippen LogP contribution in [0.25, 0.3) is 0 Å². The quantitative estimate of drug-likeness (QED) is 0.516. The average Bonchev–Trinajstić information content (AvgIpc) is 2.30. The fourth-order valence-electron chi connectivity index (χ4n) is 1.23. The predicted molar refractivity (Wildman–Crippen MR) is 40.7 cm³/mol. The van der Waals surface area contributed by atoms with Gasteiger partial charge in [-0.2, -0.15) is 0 Å². The molecule has 0 aliphatic carbocycles. The Balaban J connectivity index is 2.70. The number of carbonyl (C=O) groups excluding carboxylic acids is 2. The van der Waals surface area contributed by atoms with Gasteiger partial charge in [-0.1, -0.05) is 6.08 Å². The van der Waals surface area contributed by atoms with E-state index in [-0.39, 0.29) is 17.7 Å². The van der Waals surface area contributed by atoms with E-state index in [1.807, 2.05) is 0 Å². The summed E-state index contributed by atoms with van der Waals surface area (Å²) in [6.45, 7) is 5.48. The first-order valence-corrected chi connectivity index (χ1v) is 3.61. The lowest BCUT2D eigenvalue weighted by atomic mass is 10.1. The number of hydrogen-bond donors (Lipinski definition) is 0. The molecule has 0 bridgehead atoms. The minimum absolute atomic E-state index is 0.104. The van der Waals surface area contributed by atoms with Crippen molar-refractivity contribution >= 4 is 11.8 Å². The largest absolute Gasteiger partial charge is 0.282 e. The van der Waals surface area contributed by atoms with E-state index >= 15 is 0 Å². The van der Waals surface area contributed by atoms with Crippen molar-refractivity contribution in [2.75, 3.05) is 6.54 Å². The van der Waals surface area contributed by atoms with E-state index in [9.17, 15) is 9.59 Å². The summed E-state index contributed by atoms with van der Waals surface area (Å²) in [6.07, 6.45) is 2.33. The molecule has 11 heavy (non-hydrogen) atoms. The van der Waals surface area contributed by atoms with Crippen LogP contribution in [0.3, 0.4) is 0 Å². The number of nitrogens with zero attached hydrogens (tertiary/aromatic N) is 1. The van der Waals surface area contributed by atoms with Gasteiger partial charge in [-0.3, -0.25) is 14.5 Å². The Labute approximate surface area is 65.7 Å². The molecular weight excluding hydrogens is 142 g/mol. The van der Waals surface area contributed by atoms with Crippen molar-refractivity contribution in [3.05, 3.63) is 12.7 Å². The van der Waals surface area contributed by atoms with Gasteiger partial charge in [0.05, 0.1) is 5.92 Å². The van der Waals surface area contributed by atoms with Crippen LogP contribution in [-0.4, -0.2) is 23.3 Å². The Morgan fingerprint density at radius 1 is 1.82 bits per heavy atom. The molecule has 0 saturated carbocycles. The first-order valence-electron chi connectivity index (χ1n) is 3.61. The van der Waals surface area contributed by atoms with Gasteiger partial charge in [0.1, 0.15) is 0 Å². The third-order valence-corrected chi connectivity index (χ3v) is 1.91. The van der Waals surface area contributed by atoms with Crippen LogP contribution in [0, 0.1) is 5.92 Å². The summed E-state index contributed by atoms with van der Waals surface area (Å²) >= 11 is 0. The van der Waals surface area contributed by atoms with E-state index in [1.165, 1.54) is 11.8 Å². The van der Waals surface area contributed by atoms with Gasteiger partial charge in [-0.15, -0.1) is 6.58 Å². The highest BCUT2D eigenvalue weighted by Gasteiger charge is 2.31. The first-order chi connectivity index (χ1) is 5.16. The smallest absolute Gasteiger partial charge is 0.236 e. The normalized spacial score (nSPS) is 23.9. The topological polar surface area (TPSA) is 37.4 Å². The van der Waals surface area contributed by atoms with Crippen LogP contribution in [-0.2, 0) is 9.59 Å². The van der Waals surface area contributed by atoms with Gasteiger partial charge in [0, 0.05) is 13.5 Å². The molecule has 60 valence electrons. The van der Waals surface area contributed by atoms with Crippen LogP contribution in [0.5, 0.6) is 0 Å². The molecule has 2 amide bonds. The zero-order valence-corrected chi connectivity index (χ0v) is 6.54. The molecule has 1 aliphatic rings. The maximum Gasteiger partial charge on any atom is 0.236 e. The average molecular weight is 153 g/mol. The minimum atomic E-state index is -0.167. The zero-order chi connectivity index (χ0) is 8.43. The second-order valence-corrected chi connectivity index (χ2v) is 2.64. The standard InChI is InChI=1S/C8H11NO2/c1-3-7-4-5-9(6(2)10)8(7)11/h3,7H,1,4-5H2,2H3. The van der Waals surface area contributed by atoms with E-state index in [4.69, 9.17) is 0 Å². The SMILES string of the molecule is C=CC1CCN(C(C)=O)C1=O. The lowest BCUT2D eigenvalue weighted by Gasteiger charge is -2.09. The monoisotopic (exact) mass is 153 g/mol. The first kappa shape index (κ1) is 7.98. The highest BCUT2D eigenvalue weighted by atomic mass is 16.2.